The van der Waals surface area contributed by atoms with Crippen LogP contribution in [0.4, 0.5) is 18.0 Å². The summed E-state index contributed by atoms with van der Waals surface area (Å²) >= 11 is 0. The molecule has 0 bridgehead atoms. The summed E-state index contributed by atoms with van der Waals surface area (Å²) in [6, 6.07) is 5.19. The number of hydrogen-bond acceptors (Lipinski definition) is 3. The van der Waals surface area contributed by atoms with Crippen LogP contribution in [-0.4, -0.2) is 65.8 Å². The molecule has 0 spiro atoms. The second kappa shape index (κ2) is 8.32. The van der Waals surface area contributed by atoms with Crippen molar-refractivity contribution in [3.8, 4) is 0 Å². The van der Waals surface area contributed by atoms with E-state index < -0.39 is 12.7 Å². The number of piperazine rings is 1. The van der Waals surface area contributed by atoms with Crippen molar-refractivity contribution in [1.29, 1.82) is 0 Å². The fourth-order valence-electron chi connectivity index (χ4n) is 2.77. The minimum absolute atomic E-state index is 0.213. The van der Waals surface area contributed by atoms with Crippen LogP contribution in [0.1, 0.15) is 19.0 Å². The zero-order valence-corrected chi connectivity index (χ0v) is 13.7. The highest BCUT2D eigenvalue weighted by molar-refractivity contribution is 5.74. The van der Waals surface area contributed by atoms with E-state index in [0.29, 0.717) is 19.6 Å². The predicted octanol–water partition coefficient (Wildman–Crippen LogP) is 2.29. The molecule has 2 heterocycles. The highest BCUT2D eigenvalue weighted by atomic mass is 19.4. The molecule has 0 aliphatic carbocycles. The van der Waals surface area contributed by atoms with Crippen molar-refractivity contribution in [1.82, 2.24) is 20.1 Å². The number of hydrogen-bond donors (Lipinski definition) is 1. The molecule has 1 aliphatic rings. The largest absolute Gasteiger partial charge is 0.401 e. The summed E-state index contributed by atoms with van der Waals surface area (Å²) in [6.07, 6.45) is -0.927. The van der Waals surface area contributed by atoms with Gasteiger partial charge in [-0.3, -0.25) is 9.88 Å². The van der Waals surface area contributed by atoms with Gasteiger partial charge in [-0.05, 0) is 31.9 Å². The first kappa shape index (κ1) is 18.5. The topological polar surface area (TPSA) is 48.5 Å². The van der Waals surface area contributed by atoms with Crippen molar-refractivity contribution >= 4 is 6.03 Å². The van der Waals surface area contributed by atoms with E-state index in [2.05, 4.69) is 10.3 Å². The summed E-state index contributed by atoms with van der Waals surface area (Å²) in [5.41, 5.74) is 0.973. The zero-order chi connectivity index (χ0) is 17.6. The molecule has 0 saturated carbocycles. The van der Waals surface area contributed by atoms with Gasteiger partial charge in [-0.1, -0.05) is 6.07 Å². The van der Waals surface area contributed by atoms with Crippen molar-refractivity contribution in [3.05, 3.63) is 30.1 Å². The number of aromatic nitrogens is 1. The van der Waals surface area contributed by atoms with Gasteiger partial charge < -0.3 is 10.2 Å². The Balaban J connectivity index is 1.68. The molecule has 1 aliphatic heterocycles. The molecule has 8 heteroatoms. The highest BCUT2D eigenvalue weighted by Gasteiger charge is 2.35. The van der Waals surface area contributed by atoms with Gasteiger partial charge in [0.2, 0.25) is 0 Å². The molecule has 2 amide bonds. The lowest BCUT2D eigenvalue weighted by molar-refractivity contribution is -0.153. The minimum Gasteiger partial charge on any atom is -0.338 e. The quantitative estimate of drug-likeness (QED) is 0.834. The molecule has 2 rings (SSSR count). The predicted molar refractivity (Wildman–Crippen MR) is 84.6 cm³/mol. The molecule has 0 radical (unpaired) electrons. The van der Waals surface area contributed by atoms with Gasteiger partial charge >= 0.3 is 12.2 Å². The second-order valence-corrected chi connectivity index (χ2v) is 6.04. The van der Waals surface area contributed by atoms with Gasteiger partial charge in [0.15, 0.2) is 0 Å². The molecule has 5 nitrogen and oxygen atoms in total. The summed E-state index contributed by atoms with van der Waals surface area (Å²) in [6.45, 7) is 2.17. The fraction of sp³-hybridized carbons (Fsp3) is 0.625. The number of pyridine rings is 1. The standard InChI is InChI=1S/C16H23F3N4O/c1-13-11-22(9-10-23(13)12-16(17,18)19)15(24)21-8-4-6-14-5-2-3-7-20-14/h2-3,5,7,13H,4,6,8-12H2,1H3,(H,21,24)/t13-/m0/s1. The normalized spacial score (nSPS) is 19.3. The maximum absolute atomic E-state index is 12.5. The molecule has 0 aromatic carbocycles. The van der Waals surface area contributed by atoms with Crippen LogP contribution in [-0.2, 0) is 6.42 Å². The van der Waals surface area contributed by atoms with Crippen LogP contribution in [0.2, 0.25) is 0 Å². The van der Waals surface area contributed by atoms with Crippen LogP contribution >= 0.6 is 0 Å². The van der Waals surface area contributed by atoms with Gasteiger partial charge in [0.1, 0.15) is 0 Å². The van der Waals surface area contributed by atoms with Gasteiger partial charge in [-0.2, -0.15) is 13.2 Å². The smallest absolute Gasteiger partial charge is 0.338 e. The molecule has 24 heavy (non-hydrogen) atoms. The van der Waals surface area contributed by atoms with Crippen molar-refractivity contribution in [2.24, 2.45) is 0 Å². The Morgan fingerprint density at radius 2 is 2.17 bits per heavy atom. The number of nitrogens with one attached hydrogen (secondary N) is 1. The average Bonchev–Trinajstić information content (AvgIpc) is 2.53. The van der Waals surface area contributed by atoms with Crippen molar-refractivity contribution in [2.45, 2.75) is 32.0 Å². The lowest BCUT2D eigenvalue weighted by Gasteiger charge is -2.39. The third-order valence-corrected chi connectivity index (χ3v) is 4.05. The van der Waals surface area contributed by atoms with Gasteiger partial charge in [0.25, 0.3) is 0 Å². The molecule has 1 aromatic rings. The number of nitrogens with zero attached hydrogens (tertiary/aromatic N) is 3. The first-order valence-electron chi connectivity index (χ1n) is 8.08. The summed E-state index contributed by atoms with van der Waals surface area (Å²) in [7, 11) is 0. The van der Waals surface area contributed by atoms with Crippen molar-refractivity contribution < 1.29 is 18.0 Å². The monoisotopic (exact) mass is 344 g/mol. The lowest BCUT2D eigenvalue weighted by atomic mass is 10.2. The third kappa shape index (κ3) is 5.99. The second-order valence-electron chi connectivity index (χ2n) is 6.04. The van der Waals surface area contributed by atoms with Gasteiger partial charge in [0.05, 0.1) is 6.54 Å². The maximum Gasteiger partial charge on any atom is 0.401 e. The third-order valence-electron chi connectivity index (χ3n) is 4.05. The number of amides is 2. The van der Waals surface area contributed by atoms with E-state index in [4.69, 9.17) is 0 Å². The number of urea groups is 1. The van der Waals surface area contributed by atoms with Crippen LogP contribution in [0.5, 0.6) is 0 Å². The number of rotatable bonds is 5. The first-order valence-corrected chi connectivity index (χ1v) is 8.08. The van der Waals surface area contributed by atoms with E-state index >= 15 is 0 Å². The van der Waals surface area contributed by atoms with Crippen molar-refractivity contribution in [2.75, 3.05) is 32.7 Å². The van der Waals surface area contributed by atoms with Crippen LogP contribution in [0.15, 0.2) is 24.4 Å². The Labute approximate surface area is 139 Å². The van der Waals surface area contributed by atoms with E-state index in [1.807, 2.05) is 18.2 Å². The van der Waals surface area contributed by atoms with Crippen molar-refractivity contribution in [3.63, 3.8) is 0 Å². The van der Waals surface area contributed by atoms with Crippen LogP contribution < -0.4 is 5.32 Å². The number of halogens is 3. The number of aryl methyl sites for hydroxylation is 1. The Morgan fingerprint density at radius 3 is 2.79 bits per heavy atom. The van der Waals surface area contributed by atoms with Gasteiger partial charge in [-0.25, -0.2) is 4.79 Å². The Kier molecular flexibility index (Phi) is 6.42. The fourth-order valence-corrected chi connectivity index (χ4v) is 2.77. The zero-order valence-electron chi connectivity index (χ0n) is 13.7. The summed E-state index contributed by atoms with van der Waals surface area (Å²) in [5.74, 6) is 0. The summed E-state index contributed by atoms with van der Waals surface area (Å²) in [4.78, 5) is 19.3. The molecule has 1 saturated heterocycles. The molecule has 134 valence electrons. The Hall–Kier alpha value is -1.83. The Morgan fingerprint density at radius 1 is 1.38 bits per heavy atom. The van der Waals surface area contributed by atoms with Crippen LogP contribution in [0.3, 0.4) is 0 Å². The molecular weight excluding hydrogens is 321 g/mol. The summed E-state index contributed by atoms with van der Waals surface area (Å²) in [5, 5.41) is 2.82. The molecule has 1 N–H and O–H groups in total. The molecular formula is C16H23F3N4O. The number of carbonyl (C=O) groups excluding carboxylic acids is 1. The molecule has 1 fully saturated rings. The highest BCUT2D eigenvalue weighted by Crippen LogP contribution is 2.20. The molecule has 1 aromatic heterocycles. The van der Waals surface area contributed by atoms with Crippen LogP contribution in [0.25, 0.3) is 0 Å². The van der Waals surface area contributed by atoms with E-state index in [0.717, 1.165) is 18.5 Å². The van der Waals surface area contributed by atoms with E-state index in [9.17, 15) is 18.0 Å². The molecule has 0 unspecified atom stereocenters. The average molecular weight is 344 g/mol. The lowest BCUT2D eigenvalue weighted by Crippen LogP contribution is -2.57. The van der Waals surface area contributed by atoms with E-state index in [1.54, 1.807) is 18.0 Å². The first-order chi connectivity index (χ1) is 11.3. The van der Waals surface area contributed by atoms with E-state index in [1.165, 1.54) is 4.90 Å². The molecule has 1 atom stereocenters. The van der Waals surface area contributed by atoms with E-state index in [-0.39, 0.29) is 18.6 Å². The Bertz CT molecular complexity index is 524. The summed E-state index contributed by atoms with van der Waals surface area (Å²) < 4.78 is 37.4. The van der Waals surface area contributed by atoms with Crippen LogP contribution in [0, 0.1) is 0 Å². The maximum atomic E-state index is 12.5. The van der Waals surface area contributed by atoms with Gasteiger partial charge in [-0.15, -0.1) is 0 Å². The minimum atomic E-state index is -4.20. The SMILES string of the molecule is C[C@H]1CN(C(=O)NCCCc2ccccn2)CCN1CC(F)(F)F. The number of carbonyl (C=O) groups is 1. The van der Waals surface area contributed by atoms with Gasteiger partial charge in [0, 0.05) is 44.1 Å². The number of alkyl halides is 3.